The highest BCUT2D eigenvalue weighted by molar-refractivity contribution is 7.18. The number of ether oxygens (including phenoxy) is 1. The van der Waals surface area contributed by atoms with Gasteiger partial charge >= 0.3 is 0 Å². The van der Waals surface area contributed by atoms with E-state index in [4.69, 9.17) is 10.5 Å². The molecule has 0 atom stereocenters. The highest BCUT2D eigenvalue weighted by Gasteiger charge is 2.34. The van der Waals surface area contributed by atoms with Crippen molar-refractivity contribution in [1.82, 2.24) is 5.32 Å². The molecule has 6 heteroatoms. The fourth-order valence-corrected chi connectivity index (χ4v) is 3.68. The van der Waals surface area contributed by atoms with E-state index in [0.717, 1.165) is 18.1 Å². The number of rotatable bonds is 7. The molecule has 1 amide bonds. The molecule has 0 radical (unpaired) electrons. The number of nitrogen functional groups attached to an aromatic ring is 1. The van der Waals surface area contributed by atoms with Gasteiger partial charge in [0.2, 0.25) is 0 Å². The summed E-state index contributed by atoms with van der Waals surface area (Å²) in [5.41, 5.74) is 8.08. The topological polar surface area (TPSA) is 67.6 Å². The van der Waals surface area contributed by atoms with E-state index in [1.807, 2.05) is 0 Å². The minimum Gasteiger partial charge on any atom is -0.397 e. The molecule has 1 aliphatic rings. The van der Waals surface area contributed by atoms with Crippen LogP contribution in [0.4, 0.5) is 10.7 Å². The van der Waals surface area contributed by atoms with Crippen LogP contribution in [0.25, 0.3) is 0 Å². The molecule has 1 aromatic rings. The second kappa shape index (κ2) is 6.45. The summed E-state index contributed by atoms with van der Waals surface area (Å²) in [4.78, 5) is 14.8. The largest absolute Gasteiger partial charge is 0.397 e. The van der Waals surface area contributed by atoms with Crippen LogP contribution >= 0.6 is 11.3 Å². The van der Waals surface area contributed by atoms with Crippen molar-refractivity contribution in [3.8, 4) is 0 Å². The van der Waals surface area contributed by atoms with E-state index in [0.29, 0.717) is 23.1 Å². The zero-order valence-electron chi connectivity index (χ0n) is 12.4. The first-order valence-electron chi connectivity index (χ1n) is 7.02. The van der Waals surface area contributed by atoms with E-state index in [1.54, 1.807) is 14.2 Å². The molecule has 1 heterocycles. The summed E-state index contributed by atoms with van der Waals surface area (Å²) in [7, 11) is 3.34. The minimum absolute atomic E-state index is 0.0940. The second-order valence-corrected chi connectivity index (χ2v) is 5.99. The maximum atomic E-state index is 11.9. The SMILES string of the molecule is CCN(CCOC)c1sc(C(=O)NC)c(N)c1C1CC1. The van der Waals surface area contributed by atoms with Crippen LogP contribution in [0.15, 0.2) is 0 Å². The quantitative estimate of drug-likeness (QED) is 0.808. The molecule has 1 aliphatic carbocycles. The fourth-order valence-electron chi connectivity index (χ4n) is 2.33. The second-order valence-electron chi connectivity index (χ2n) is 4.99. The van der Waals surface area contributed by atoms with Gasteiger partial charge in [0.15, 0.2) is 0 Å². The number of hydrogen-bond donors (Lipinski definition) is 2. The Bertz CT molecular complexity index is 483. The summed E-state index contributed by atoms with van der Waals surface area (Å²) >= 11 is 1.50. The maximum Gasteiger partial charge on any atom is 0.263 e. The van der Waals surface area contributed by atoms with Gasteiger partial charge in [-0.3, -0.25) is 4.79 Å². The van der Waals surface area contributed by atoms with Crippen LogP contribution in [0.3, 0.4) is 0 Å². The number of carbonyl (C=O) groups excluding carboxylic acids is 1. The van der Waals surface area contributed by atoms with Gasteiger partial charge in [-0.2, -0.15) is 0 Å². The molecule has 1 saturated carbocycles. The average molecular weight is 297 g/mol. The molecule has 0 aromatic carbocycles. The average Bonchev–Trinajstić information content (AvgIpc) is 3.23. The van der Waals surface area contributed by atoms with Crippen LogP contribution in [0.1, 0.15) is 40.9 Å². The molecule has 1 aromatic heterocycles. The Morgan fingerprint density at radius 1 is 1.55 bits per heavy atom. The Morgan fingerprint density at radius 2 is 2.25 bits per heavy atom. The lowest BCUT2D eigenvalue weighted by atomic mass is 10.1. The lowest BCUT2D eigenvalue weighted by molar-refractivity contribution is 0.0968. The zero-order valence-corrected chi connectivity index (χ0v) is 13.2. The van der Waals surface area contributed by atoms with Crippen LogP contribution in [0.2, 0.25) is 0 Å². The molecule has 2 rings (SSSR count). The zero-order chi connectivity index (χ0) is 14.7. The van der Waals surface area contributed by atoms with E-state index >= 15 is 0 Å². The molecule has 1 fully saturated rings. The third kappa shape index (κ3) is 2.91. The van der Waals surface area contributed by atoms with Crippen molar-refractivity contribution in [2.24, 2.45) is 0 Å². The Labute approximate surface area is 124 Å². The monoisotopic (exact) mass is 297 g/mol. The van der Waals surface area contributed by atoms with Crippen LogP contribution in [-0.4, -0.2) is 39.8 Å². The van der Waals surface area contributed by atoms with E-state index in [-0.39, 0.29) is 5.91 Å². The Balaban J connectivity index is 2.37. The van der Waals surface area contributed by atoms with Crippen LogP contribution < -0.4 is 16.0 Å². The first-order valence-corrected chi connectivity index (χ1v) is 7.83. The van der Waals surface area contributed by atoms with E-state index in [1.165, 1.54) is 29.7 Å². The van der Waals surface area contributed by atoms with Crippen molar-refractivity contribution in [3.63, 3.8) is 0 Å². The van der Waals surface area contributed by atoms with E-state index in [9.17, 15) is 4.79 Å². The Morgan fingerprint density at radius 3 is 2.75 bits per heavy atom. The first kappa shape index (κ1) is 15.1. The molecule has 0 bridgehead atoms. The van der Waals surface area contributed by atoms with Gasteiger partial charge in [0.05, 0.1) is 17.3 Å². The predicted octanol–water partition coefficient (Wildman–Crippen LogP) is 2.04. The third-order valence-electron chi connectivity index (χ3n) is 3.62. The van der Waals surface area contributed by atoms with Gasteiger partial charge in [-0.15, -0.1) is 11.3 Å². The molecular weight excluding hydrogens is 274 g/mol. The number of nitrogens with zero attached hydrogens (tertiary/aromatic N) is 1. The smallest absolute Gasteiger partial charge is 0.263 e. The molecule has 3 N–H and O–H groups in total. The summed E-state index contributed by atoms with van der Waals surface area (Å²) in [5, 5.41) is 3.81. The number of nitrogens with one attached hydrogen (secondary N) is 1. The number of likely N-dealkylation sites (N-methyl/N-ethyl adjacent to an activating group) is 1. The lowest BCUT2D eigenvalue weighted by Crippen LogP contribution is -2.26. The summed E-state index contributed by atoms with van der Waals surface area (Å²) in [6.07, 6.45) is 2.34. The van der Waals surface area contributed by atoms with Gasteiger partial charge in [-0.05, 0) is 25.7 Å². The van der Waals surface area contributed by atoms with Gasteiger partial charge in [0.25, 0.3) is 5.91 Å². The highest BCUT2D eigenvalue weighted by atomic mass is 32.1. The van der Waals surface area contributed by atoms with Crippen LogP contribution in [0.5, 0.6) is 0 Å². The number of carbonyl (C=O) groups is 1. The first-order chi connectivity index (χ1) is 9.63. The fraction of sp³-hybridized carbons (Fsp3) is 0.643. The summed E-state index contributed by atoms with van der Waals surface area (Å²) in [5.74, 6) is 0.430. The van der Waals surface area contributed by atoms with Crippen molar-refractivity contribution in [2.45, 2.75) is 25.7 Å². The van der Waals surface area contributed by atoms with Gasteiger partial charge in [0.1, 0.15) is 4.88 Å². The van der Waals surface area contributed by atoms with Gasteiger partial charge in [0, 0.05) is 32.8 Å². The number of amides is 1. The molecular formula is C14H23N3O2S. The van der Waals surface area contributed by atoms with Gasteiger partial charge < -0.3 is 20.7 Å². The predicted molar refractivity (Wildman–Crippen MR) is 83.9 cm³/mol. The Kier molecular flexibility index (Phi) is 4.88. The summed E-state index contributed by atoms with van der Waals surface area (Å²) < 4.78 is 5.17. The van der Waals surface area contributed by atoms with Crippen molar-refractivity contribution in [1.29, 1.82) is 0 Å². The minimum atomic E-state index is -0.0940. The van der Waals surface area contributed by atoms with Crippen molar-refractivity contribution >= 4 is 27.9 Å². The standard InChI is InChI=1S/C14H23N3O2S/c1-4-17(7-8-19-3)14-10(9-5-6-9)11(15)12(20-14)13(18)16-2/h9H,4-8,15H2,1-3H3,(H,16,18). The van der Waals surface area contributed by atoms with Crippen LogP contribution in [0, 0.1) is 0 Å². The number of hydrogen-bond acceptors (Lipinski definition) is 5. The molecule has 0 spiro atoms. The molecule has 5 nitrogen and oxygen atoms in total. The number of nitrogens with two attached hydrogens (primary N) is 1. The normalized spacial score (nSPS) is 14.3. The van der Waals surface area contributed by atoms with Gasteiger partial charge in [-0.25, -0.2) is 0 Å². The van der Waals surface area contributed by atoms with E-state index in [2.05, 4.69) is 17.1 Å². The number of methoxy groups -OCH3 is 1. The van der Waals surface area contributed by atoms with Crippen molar-refractivity contribution in [3.05, 3.63) is 10.4 Å². The van der Waals surface area contributed by atoms with Crippen LogP contribution in [-0.2, 0) is 4.74 Å². The molecule has 20 heavy (non-hydrogen) atoms. The van der Waals surface area contributed by atoms with Crippen molar-refractivity contribution < 1.29 is 9.53 Å². The maximum absolute atomic E-state index is 11.9. The van der Waals surface area contributed by atoms with Gasteiger partial charge in [-0.1, -0.05) is 0 Å². The summed E-state index contributed by atoms with van der Waals surface area (Å²) in [6.45, 7) is 4.49. The number of thiophene rings is 1. The molecule has 0 saturated heterocycles. The Hall–Kier alpha value is -1.27. The molecule has 0 aliphatic heterocycles. The molecule has 0 unspecified atom stereocenters. The third-order valence-corrected chi connectivity index (χ3v) is 4.90. The molecule has 112 valence electrons. The lowest BCUT2D eigenvalue weighted by Gasteiger charge is -2.22. The van der Waals surface area contributed by atoms with Crippen molar-refractivity contribution in [2.75, 3.05) is 44.5 Å². The summed E-state index contributed by atoms with van der Waals surface area (Å²) in [6, 6.07) is 0. The highest BCUT2D eigenvalue weighted by Crippen LogP contribution is 2.51. The number of anilines is 2. The van der Waals surface area contributed by atoms with E-state index < -0.39 is 0 Å².